The minimum absolute atomic E-state index is 0.469. The maximum absolute atomic E-state index is 3.90. The number of rotatable bonds is 1. The molecule has 10 heavy (non-hydrogen) atoms. The van der Waals surface area contributed by atoms with E-state index in [0.29, 0.717) is 5.41 Å². The van der Waals surface area contributed by atoms with Gasteiger partial charge in [-0.3, -0.25) is 0 Å². The number of hydrogen-bond donors (Lipinski definition) is 0. The highest BCUT2D eigenvalue weighted by Gasteiger charge is 2.20. The molecule has 0 heteroatoms. The SMILES string of the molecule is C=CC1(C)CCCCCC1. The molecule has 0 radical (unpaired) electrons. The Morgan fingerprint density at radius 2 is 1.60 bits per heavy atom. The summed E-state index contributed by atoms with van der Waals surface area (Å²) in [5.74, 6) is 0. The molecule has 0 atom stereocenters. The van der Waals surface area contributed by atoms with Crippen molar-refractivity contribution in [2.75, 3.05) is 0 Å². The molecule has 1 rings (SSSR count). The predicted octanol–water partition coefficient (Wildman–Crippen LogP) is 3.53. The average molecular weight is 138 g/mol. The standard InChI is InChI=1S/C10H18/c1-3-10(2)8-6-4-5-7-9-10/h3H,1,4-9H2,2H3. The van der Waals surface area contributed by atoms with Crippen molar-refractivity contribution in [3.05, 3.63) is 12.7 Å². The van der Waals surface area contributed by atoms with Gasteiger partial charge in [-0.15, -0.1) is 6.58 Å². The van der Waals surface area contributed by atoms with Crippen molar-refractivity contribution in [3.8, 4) is 0 Å². The predicted molar refractivity (Wildman–Crippen MR) is 46.0 cm³/mol. The zero-order valence-electron chi connectivity index (χ0n) is 7.03. The van der Waals surface area contributed by atoms with Crippen molar-refractivity contribution >= 4 is 0 Å². The summed E-state index contributed by atoms with van der Waals surface area (Å²) in [5, 5.41) is 0. The van der Waals surface area contributed by atoms with Crippen LogP contribution in [0.15, 0.2) is 12.7 Å². The van der Waals surface area contributed by atoms with E-state index in [0.717, 1.165) is 0 Å². The van der Waals surface area contributed by atoms with Crippen molar-refractivity contribution in [3.63, 3.8) is 0 Å². The third kappa shape index (κ3) is 1.86. The summed E-state index contributed by atoms with van der Waals surface area (Å²) in [4.78, 5) is 0. The highest BCUT2D eigenvalue weighted by atomic mass is 14.3. The molecule has 0 N–H and O–H groups in total. The van der Waals surface area contributed by atoms with E-state index in [1.54, 1.807) is 0 Å². The van der Waals surface area contributed by atoms with Crippen LogP contribution in [-0.2, 0) is 0 Å². The van der Waals surface area contributed by atoms with Crippen LogP contribution in [0.1, 0.15) is 45.4 Å². The molecule has 0 aromatic rings. The Morgan fingerprint density at radius 1 is 1.10 bits per heavy atom. The Balaban J connectivity index is 2.48. The number of allylic oxidation sites excluding steroid dienone is 1. The van der Waals surface area contributed by atoms with Gasteiger partial charge in [-0.25, -0.2) is 0 Å². The van der Waals surface area contributed by atoms with Crippen molar-refractivity contribution in [2.45, 2.75) is 45.4 Å². The van der Waals surface area contributed by atoms with Crippen LogP contribution < -0.4 is 0 Å². The molecule has 0 heterocycles. The molecule has 0 aromatic heterocycles. The van der Waals surface area contributed by atoms with Gasteiger partial charge >= 0.3 is 0 Å². The summed E-state index contributed by atoms with van der Waals surface area (Å²) in [6.07, 6.45) is 10.5. The average Bonchev–Trinajstić information content (AvgIpc) is 2.15. The monoisotopic (exact) mass is 138 g/mol. The summed E-state index contributed by atoms with van der Waals surface area (Å²) in [5.41, 5.74) is 0.469. The molecule has 0 saturated heterocycles. The summed E-state index contributed by atoms with van der Waals surface area (Å²) in [6, 6.07) is 0. The van der Waals surface area contributed by atoms with E-state index in [2.05, 4.69) is 19.6 Å². The van der Waals surface area contributed by atoms with Gasteiger partial charge in [0.15, 0.2) is 0 Å². The van der Waals surface area contributed by atoms with Gasteiger partial charge in [0.05, 0.1) is 0 Å². The second-order valence-electron chi connectivity index (χ2n) is 3.77. The highest BCUT2D eigenvalue weighted by molar-refractivity contribution is 4.92. The molecular formula is C10H18. The van der Waals surface area contributed by atoms with Crippen molar-refractivity contribution in [1.82, 2.24) is 0 Å². The molecule has 1 fully saturated rings. The highest BCUT2D eigenvalue weighted by Crippen LogP contribution is 2.34. The smallest absolute Gasteiger partial charge is 0.0149 e. The van der Waals surface area contributed by atoms with Crippen molar-refractivity contribution < 1.29 is 0 Å². The fraction of sp³-hybridized carbons (Fsp3) is 0.800. The quantitative estimate of drug-likeness (QED) is 0.384. The topological polar surface area (TPSA) is 0 Å². The van der Waals surface area contributed by atoms with Crippen LogP contribution in [0.3, 0.4) is 0 Å². The van der Waals surface area contributed by atoms with E-state index in [1.165, 1.54) is 38.5 Å². The minimum atomic E-state index is 0.469. The fourth-order valence-corrected chi connectivity index (χ4v) is 1.74. The lowest BCUT2D eigenvalue weighted by molar-refractivity contribution is 0.369. The van der Waals surface area contributed by atoms with Gasteiger partial charge in [-0.05, 0) is 18.3 Å². The molecule has 58 valence electrons. The molecule has 0 spiro atoms. The zero-order chi connectivity index (χ0) is 7.45. The van der Waals surface area contributed by atoms with Crippen LogP contribution >= 0.6 is 0 Å². The molecule has 0 amide bonds. The van der Waals surface area contributed by atoms with E-state index < -0.39 is 0 Å². The molecule has 0 nitrogen and oxygen atoms in total. The van der Waals surface area contributed by atoms with E-state index in [1.807, 2.05) is 0 Å². The summed E-state index contributed by atoms with van der Waals surface area (Å²) in [7, 11) is 0. The van der Waals surface area contributed by atoms with Crippen LogP contribution in [0, 0.1) is 5.41 Å². The maximum atomic E-state index is 3.90. The van der Waals surface area contributed by atoms with Crippen LogP contribution in [-0.4, -0.2) is 0 Å². The molecule has 0 aromatic carbocycles. The first-order valence-corrected chi connectivity index (χ1v) is 4.40. The van der Waals surface area contributed by atoms with Crippen LogP contribution in [0.4, 0.5) is 0 Å². The van der Waals surface area contributed by atoms with Gasteiger partial charge in [0.25, 0.3) is 0 Å². The molecule has 0 aliphatic heterocycles. The van der Waals surface area contributed by atoms with Crippen molar-refractivity contribution in [2.24, 2.45) is 5.41 Å². The van der Waals surface area contributed by atoms with Crippen LogP contribution in [0.2, 0.25) is 0 Å². The minimum Gasteiger partial charge on any atom is -0.103 e. The third-order valence-corrected chi connectivity index (χ3v) is 2.74. The molecule has 0 bridgehead atoms. The van der Waals surface area contributed by atoms with E-state index in [4.69, 9.17) is 0 Å². The van der Waals surface area contributed by atoms with Crippen molar-refractivity contribution in [1.29, 1.82) is 0 Å². The van der Waals surface area contributed by atoms with Gasteiger partial charge in [-0.2, -0.15) is 0 Å². The fourth-order valence-electron chi connectivity index (χ4n) is 1.74. The van der Waals surface area contributed by atoms with E-state index >= 15 is 0 Å². The largest absolute Gasteiger partial charge is 0.103 e. The normalized spacial score (nSPS) is 25.3. The lowest BCUT2D eigenvalue weighted by atomic mass is 9.83. The first-order valence-electron chi connectivity index (χ1n) is 4.40. The lowest BCUT2D eigenvalue weighted by Gasteiger charge is -2.22. The summed E-state index contributed by atoms with van der Waals surface area (Å²) in [6.45, 7) is 6.24. The lowest BCUT2D eigenvalue weighted by Crippen LogP contribution is -2.10. The molecule has 0 unspecified atom stereocenters. The Morgan fingerprint density at radius 3 is 2.00 bits per heavy atom. The second-order valence-corrected chi connectivity index (χ2v) is 3.77. The van der Waals surface area contributed by atoms with E-state index in [9.17, 15) is 0 Å². The third-order valence-electron chi connectivity index (χ3n) is 2.74. The molecular weight excluding hydrogens is 120 g/mol. The Labute approximate surface area is 64.3 Å². The van der Waals surface area contributed by atoms with Gasteiger partial charge in [0, 0.05) is 0 Å². The van der Waals surface area contributed by atoms with Gasteiger partial charge in [0.2, 0.25) is 0 Å². The first-order chi connectivity index (χ1) is 4.77. The first kappa shape index (κ1) is 7.84. The number of hydrogen-bond acceptors (Lipinski definition) is 0. The molecule has 1 aliphatic rings. The molecule has 1 aliphatic carbocycles. The Bertz CT molecular complexity index is 105. The second kappa shape index (κ2) is 3.23. The van der Waals surface area contributed by atoms with Crippen LogP contribution in [0.5, 0.6) is 0 Å². The van der Waals surface area contributed by atoms with E-state index in [-0.39, 0.29) is 0 Å². The van der Waals surface area contributed by atoms with Crippen LogP contribution in [0.25, 0.3) is 0 Å². The Kier molecular flexibility index (Phi) is 2.53. The van der Waals surface area contributed by atoms with Gasteiger partial charge in [-0.1, -0.05) is 38.7 Å². The zero-order valence-corrected chi connectivity index (χ0v) is 7.03. The Hall–Kier alpha value is -0.260. The van der Waals surface area contributed by atoms with Gasteiger partial charge in [0.1, 0.15) is 0 Å². The van der Waals surface area contributed by atoms with Gasteiger partial charge < -0.3 is 0 Å². The summed E-state index contributed by atoms with van der Waals surface area (Å²) >= 11 is 0. The molecule has 1 saturated carbocycles. The maximum Gasteiger partial charge on any atom is -0.0149 e. The summed E-state index contributed by atoms with van der Waals surface area (Å²) < 4.78 is 0.